The quantitative estimate of drug-likeness (QED) is 0.590. The molecule has 2 aromatic rings. The lowest BCUT2D eigenvalue weighted by molar-refractivity contribution is 0.0628. The molecule has 1 aliphatic heterocycles. The van der Waals surface area contributed by atoms with E-state index in [9.17, 15) is 9.59 Å². The molecule has 4 heteroatoms. The summed E-state index contributed by atoms with van der Waals surface area (Å²) in [5.41, 5.74) is 5.74. The number of benzene rings is 2. The molecule has 0 atom stereocenters. The molecule has 0 unspecified atom stereocenters. The van der Waals surface area contributed by atoms with Gasteiger partial charge in [-0.2, -0.15) is 0 Å². The van der Waals surface area contributed by atoms with Gasteiger partial charge in [0.05, 0.1) is 0 Å². The van der Waals surface area contributed by atoms with Crippen LogP contribution in [0, 0.1) is 0 Å². The number of fused-ring (bicyclic) bond motifs is 1. The Hall–Kier alpha value is -2.46. The Morgan fingerprint density at radius 3 is 2.27 bits per heavy atom. The first-order valence-corrected chi connectivity index (χ1v) is 12.3. The van der Waals surface area contributed by atoms with Crippen LogP contribution in [0.25, 0.3) is 0 Å². The van der Waals surface area contributed by atoms with Gasteiger partial charge in [0.25, 0.3) is 5.91 Å². The van der Waals surface area contributed by atoms with E-state index in [4.69, 9.17) is 0 Å². The van der Waals surface area contributed by atoms with Crippen molar-refractivity contribution in [3.05, 3.63) is 70.3 Å². The number of ketones is 1. The Morgan fingerprint density at radius 2 is 1.64 bits per heavy atom. The van der Waals surface area contributed by atoms with E-state index < -0.39 is 0 Å². The van der Waals surface area contributed by atoms with Crippen molar-refractivity contribution in [2.24, 2.45) is 0 Å². The molecule has 33 heavy (non-hydrogen) atoms. The largest absolute Gasteiger partial charge is 0.336 e. The van der Waals surface area contributed by atoms with Gasteiger partial charge in [-0.05, 0) is 58.6 Å². The van der Waals surface area contributed by atoms with Gasteiger partial charge >= 0.3 is 0 Å². The summed E-state index contributed by atoms with van der Waals surface area (Å²) < 4.78 is 0. The third-order valence-electron chi connectivity index (χ3n) is 7.48. The van der Waals surface area contributed by atoms with Crippen LogP contribution in [-0.2, 0) is 17.3 Å². The third-order valence-corrected chi connectivity index (χ3v) is 7.48. The Kier molecular flexibility index (Phi) is 6.50. The number of rotatable bonds is 5. The lowest BCUT2D eigenvalue weighted by atomic mass is 9.79. The molecule has 0 spiro atoms. The number of amides is 1. The minimum atomic E-state index is 0.0182. The van der Waals surface area contributed by atoms with Gasteiger partial charge < -0.3 is 4.90 Å². The summed E-state index contributed by atoms with van der Waals surface area (Å²) in [5, 5.41) is 0. The zero-order chi connectivity index (χ0) is 23.8. The number of carbonyl (C=O) groups excluding carboxylic acids is 2. The van der Waals surface area contributed by atoms with E-state index in [0.29, 0.717) is 19.5 Å². The fourth-order valence-electron chi connectivity index (χ4n) is 5.13. The summed E-state index contributed by atoms with van der Waals surface area (Å²) in [5.74, 6) is 0.362. The van der Waals surface area contributed by atoms with Gasteiger partial charge in [-0.15, -0.1) is 0 Å². The van der Waals surface area contributed by atoms with Crippen LogP contribution >= 0.6 is 0 Å². The molecule has 176 valence electrons. The molecule has 2 aromatic carbocycles. The number of Topliss-reactive ketones (excluding diaryl/α,β-unsaturated/α-hetero) is 1. The van der Waals surface area contributed by atoms with Crippen LogP contribution in [0.3, 0.4) is 0 Å². The van der Waals surface area contributed by atoms with Crippen molar-refractivity contribution < 1.29 is 9.59 Å². The first-order chi connectivity index (χ1) is 15.6. The topological polar surface area (TPSA) is 40.6 Å². The lowest BCUT2D eigenvalue weighted by Crippen LogP contribution is -2.49. The van der Waals surface area contributed by atoms with Gasteiger partial charge in [-0.3, -0.25) is 14.5 Å². The molecule has 0 saturated carbocycles. The van der Waals surface area contributed by atoms with Crippen LogP contribution in [0.5, 0.6) is 0 Å². The number of nitrogens with zero attached hydrogens (tertiary/aromatic N) is 2. The highest BCUT2D eigenvalue weighted by molar-refractivity contribution is 5.98. The maximum absolute atomic E-state index is 13.4. The molecule has 4 nitrogen and oxygen atoms in total. The first-order valence-electron chi connectivity index (χ1n) is 12.3. The van der Waals surface area contributed by atoms with E-state index in [1.807, 2.05) is 35.2 Å². The Balaban J connectivity index is 1.40. The number of piperazine rings is 1. The van der Waals surface area contributed by atoms with Gasteiger partial charge in [0, 0.05) is 50.3 Å². The highest BCUT2D eigenvalue weighted by Crippen LogP contribution is 2.42. The van der Waals surface area contributed by atoms with Crippen molar-refractivity contribution in [2.75, 3.05) is 32.7 Å². The summed E-state index contributed by atoms with van der Waals surface area (Å²) in [4.78, 5) is 30.3. The second kappa shape index (κ2) is 9.06. The molecule has 1 heterocycles. The van der Waals surface area contributed by atoms with Crippen LogP contribution in [-0.4, -0.2) is 54.2 Å². The SMILES string of the molecule is CC(C)(C)c1cc(C(=O)CCN2CCN(C(=O)c3ccccc3)CC2)c2c(c1)C(C)(C)CC2. The number of hydrogen-bond acceptors (Lipinski definition) is 3. The maximum Gasteiger partial charge on any atom is 0.253 e. The van der Waals surface area contributed by atoms with Crippen molar-refractivity contribution in [1.29, 1.82) is 0 Å². The molecule has 0 radical (unpaired) electrons. The second-order valence-electron chi connectivity index (χ2n) is 11.4. The molecule has 4 rings (SSSR count). The molecule has 0 aromatic heterocycles. The predicted molar refractivity (Wildman–Crippen MR) is 134 cm³/mol. The second-order valence-corrected chi connectivity index (χ2v) is 11.4. The van der Waals surface area contributed by atoms with Crippen molar-refractivity contribution >= 4 is 11.7 Å². The minimum Gasteiger partial charge on any atom is -0.336 e. The predicted octanol–water partition coefficient (Wildman–Crippen LogP) is 5.24. The average molecular weight is 447 g/mol. The van der Waals surface area contributed by atoms with Crippen LogP contribution in [0.4, 0.5) is 0 Å². The van der Waals surface area contributed by atoms with E-state index in [-0.39, 0.29) is 22.5 Å². The molecule has 1 fully saturated rings. The van der Waals surface area contributed by atoms with Crippen LogP contribution < -0.4 is 0 Å². The fraction of sp³-hybridized carbons (Fsp3) is 0.517. The lowest BCUT2D eigenvalue weighted by Gasteiger charge is -2.34. The standard InChI is InChI=1S/C29H38N2O2/c1-28(2,3)22-19-24(23-11-13-29(4,5)25(23)20-22)26(32)12-14-30-15-17-31(18-16-30)27(33)21-9-7-6-8-10-21/h6-10,19-20H,11-18H2,1-5H3. The average Bonchev–Trinajstić information content (AvgIpc) is 3.11. The monoisotopic (exact) mass is 446 g/mol. The van der Waals surface area contributed by atoms with Gasteiger partial charge in [0.2, 0.25) is 0 Å². The van der Waals surface area contributed by atoms with E-state index in [2.05, 4.69) is 51.7 Å². The zero-order valence-electron chi connectivity index (χ0n) is 20.9. The summed E-state index contributed by atoms with van der Waals surface area (Å²) in [6.45, 7) is 15.1. The Morgan fingerprint density at radius 1 is 0.970 bits per heavy atom. The first kappa shape index (κ1) is 23.7. The van der Waals surface area contributed by atoms with Crippen molar-refractivity contribution in [1.82, 2.24) is 9.80 Å². The van der Waals surface area contributed by atoms with Crippen LogP contribution in [0.2, 0.25) is 0 Å². The summed E-state index contributed by atoms with van der Waals surface area (Å²) in [6, 6.07) is 14.0. The van der Waals surface area contributed by atoms with Gasteiger partial charge in [0.15, 0.2) is 5.78 Å². The third kappa shape index (κ3) is 5.06. The van der Waals surface area contributed by atoms with Crippen molar-refractivity contribution in [2.45, 2.75) is 64.7 Å². The van der Waals surface area contributed by atoms with Gasteiger partial charge in [-0.1, -0.05) is 58.9 Å². The van der Waals surface area contributed by atoms with E-state index in [0.717, 1.165) is 43.6 Å². The molecular formula is C29H38N2O2. The van der Waals surface area contributed by atoms with Gasteiger partial charge in [-0.25, -0.2) is 0 Å². The van der Waals surface area contributed by atoms with Crippen molar-refractivity contribution in [3.63, 3.8) is 0 Å². The molecule has 1 amide bonds. The smallest absolute Gasteiger partial charge is 0.253 e. The summed E-state index contributed by atoms with van der Waals surface area (Å²) in [6.07, 6.45) is 2.63. The van der Waals surface area contributed by atoms with E-state index in [1.54, 1.807) is 0 Å². The van der Waals surface area contributed by atoms with E-state index >= 15 is 0 Å². The van der Waals surface area contributed by atoms with Crippen molar-refractivity contribution in [3.8, 4) is 0 Å². The highest BCUT2D eigenvalue weighted by atomic mass is 16.2. The Bertz CT molecular complexity index is 1030. The Labute approximate surface area is 199 Å². The number of hydrogen-bond donors (Lipinski definition) is 0. The molecule has 1 saturated heterocycles. The van der Waals surface area contributed by atoms with Gasteiger partial charge in [0.1, 0.15) is 0 Å². The van der Waals surface area contributed by atoms with Crippen LogP contribution in [0.1, 0.15) is 84.9 Å². The maximum atomic E-state index is 13.4. The molecule has 2 aliphatic rings. The normalized spacial score (nSPS) is 18.3. The highest BCUT2D eigenvalue weighted by Gasteiger charge is 2.34. The van der Waals surface area contributed by atoms with E-state index in [1.165, 1.54) is 16.7 Å². The molecule has 0 bridgehead atoms. The summed E-state index contributed by atoms with van der Waals surface area (Å²) >= 11 is 0. The molecule has 1 aliphatic carbocycles. The molecule has 0 N–H and O–H groups in total. The molecular weight excluding hydrogens is 408 g/mol. The minimum absolute atomic E-state index is 0.0182. The fourth-order valence-corrected chi connectivity index (χ4v) is 5.13. The van der Waals surface area contributed by atoms with Crippen LogP contribution in [0.15, 0.2) is 42.5 Å². The number of carbonyl (C=O) groups is 2. The summed E-state index contributed by atoms with van der Waals surface area (Å²) in [7, 11) is 0. The zero-order valence-corrected chi connectivity index (χ0v) is 20.9.